The van der Waals surface area contributed by atoms with Crippen molar-refractivity contribution in [2.24, 2.45) is 5.73 Å². The first-order chi connectivity index (χ1) is 6.70. The fraction of sp³-hybridized carbons (Fsp3) is 0.300. The molecule has 4 heteroatoms. The van der Waals surface area contributed by atoms with Gasteiger partial charge in [-0.1, -0.05) is 0 Å². The van der Waals surface area contributed by atoms with Crippen molar-refractivity contribution in [1.29, 1.82) is 0 Å². The maximum atomic E-state index is 11.0. The highest BCUT2D eigenvalue weighted by Gasteiger charge is 2.18. The van der Waals surface area contributed by atoms with E-state index >= 15 is 0 Å². The standard InChI is InChI=1S/C10H11NO3/c1-6-7(10(11)12)2-3-8-9(6)14-5-4-13-8/h2-3H,4-5H2,1H3,(H2,11,12). The molecular formula is C10H11NO3. The Bertz CT molecular complexity index is 387. The highest BCUT2D eigenvalue weighted by atomic mass is 16.6. The number of carbonyl (C=O) groups is 1. The van der Waals surface area contributed by atoms with Gasteiger partial charge in [0, 0.05) is 11.1 Å². The molecule has 1 aromatic carbocycles. The molecule has 2 rings (SSSR count). The lowest BCUT2D eigenvalue weighted by molar-refractivity contribution is 0.0998. The van der Waals surface area contributed by atoms with E-state index < -0.39 is 5.91 Å². The average Bonchev–Trinajstić information content (AvgIpc) is 2.18. The third-order valence-electron chi connectivity index (χ3n) is 2.22. The predicted molar refractivity (Wildman–Crippen MR) is 50.7 cm³/mol. The van der Waals surface area contributed by atoms with Crippen LogP contribution in [0.25, 0.3) is 0 Å². The molecule has 2 N–H and O–H groups in total. The molecule has 0 atom stereocenters. The van der Waals surface area contributed by atoms with Crippen molar-refractivity contribution in [2.45, 2.75) is 6.92 Å². The van der Waals surface area contributed by atoms with Crippen molar-refractivity contribution in [3.8, 4) is 11.5 Å². The first kappa shape index (κ1) is 8.87. The van der Waals surface area contributed by atoms with Gasteiger partial charge in [0.05, 0.1) is 0 Å². The second kappa shape index (κ2) is 3.21. The normalized spacial score (nSPS) is 13.8. The number of primary amides is 1. The van der Waals surface area contributed by atoms with E-state index in [-0.39, 0.29) is 0 Å². The Hall–Kier alpha value is -1.71. The molecule has 1 amide bonds. The molecule has 0 saturated carbocycles. The molecule has 0 radical (unpaired) electrons. The number of hydrogen-bond acceptors (Lipinski definition) is 3. The van der Waals surface area contributed by atoms with Gasteiger partial charge in [-0.2, -0.15) is 0 Å². The van der Waals surface area contributed by atoms with Crippen molar-refractivity contribution >= 4 is 5.91 Å². The van der Waals surface area contributed by atoms with E-state index in [0.717, 1.165) is 5.56 Å². The van der Waals surface area contributed by atoms with E-state index in [0.29, 0.717) is 30.3 Å². The molecule has 1 aromatic rings. The van der Waals surface area contributed by atoms with Gasteiger partial charge in [0.1, 0.15) is 13.2 Å². The smallest absolute Gasteiger partial charge is 0.249 e. The number of carbonyl (C=O) groups excluding carboxylic acids is 1. The third-order valence-corrected chi connectivity index (χ3v) is 2.22. The van der Waals surface area contributed by atoms with Crippen molar-refractivity contribution in [2.75, 3.05) is 13.2 Å². The van der Waals surface area contributed by atoms with Gasteiger partial charge >= 0.3 is 0 Å². The van der Waals surface area contributed by atoms with Crippen molar-refractivity contribution in [3.05, 3.63) is 23.3 Å². The predicted octanol–water partition coefficient (Wildman–Crippen LogP) is 0.865. The summed E-state index contributed by atoms with van der Waals surface area (Å²) in [5.41, 5.74) is 6.44. The van der Waals surface area contributed by atoms with E-state index in [1.54, 1.807) is 19.1 Å². The minimum Gasteiger partial charge on any atom is -0.486 e. The van der Waals surface area contributed by atoms with Crippen LogP contribution in [0.1, 0.15) is 15.9 Å². The van der Waals surface area contributed by atoms with E-state index in [1.807, 2.05) is 0 Å². The fourth-order valence-corrected chi connectivity index (χ4v) is 1.52. The van der Waals surface area contributed by atoms with Crippen LogP contribution in [0, 0.1) is 6.92 Å². The summed E-state index contributed by atoms with van der Waals surface area (Å²) in [6.45, 7) is 2.85. The average molecular weight is 193 g/mol. The number of rotatable bonds is 1. The first-order valence-electron chi connectivity index (χ1n) is 4.39. The van der Waals surface area contributed by atoms with Crippen LogP contribution in [0.5, 0.6) is 11.5 Å². The summed E-state index contributed by atoms with van der Waals surface area (Å²) in [4.78, 5) is 11.0. The number of fused-ring (bicyclic) bond motifs is 1. The number of ether oxygens (including phenoxy) is 2. The van der Waals surface area contributed by atoms with Gasteiger partial charge in [-0.05, 0) is 19.1 Å². The zero-order chi connectivity index (χ0) is 10.1. The van der Waals surface area contributed by atoms with Crippen molar-refractivity contribution < 1.29 is 14.3 Å². The molecule has 0 saturated heterocycles. The summed E-state index contributed by atoms with van der Waals surface area (Å²) in [5.74, 6) is 0.866. The SMILES string of the molecule is Cc1c(C(N)=O)ccc2c1OCCO2. The van der Waals surface area contributed by atoms with Gasteiger partial charge < -0.3 is 15.2 Å². The minimum absolute atomic E-state index is 0.445. The zero-order valence-corrected chi connectivity index (χ0v) is 7.87. The Morgan fingerprint density at radius 2 is 2.07 bits per heavy atom. The molecule has 14 heavy (non-hydrogen) atoms. The minimum atomic E-state index is -0.445. The second-order valence-corrected chi connectivity index (χ2v) is 3.13. The first-order valence-corrected chi connectivity index (χ1v) is 4.39. The largest absolute Gasteiger partial charge is 0.486 e. The van der Waals surface area contributed by atoms with Crippen LogP contribution < -0.4 is 15.2 Å². The molecule has 74 valence electrons. The van der Waals surface area contributed by atoms with Crippen molar-refractivity contribution in [1.82, 2.24) is 0 Å². The van der Waals surface area contributed by atoms with Crippen LogP contribution in [0.15, 0.2) is 12.1 Å². The lowest BCUT2D eigenvalue weighted by atomic mass is 10.1. The number of nitrogens with two attached hydrogens (primary N) is 1. The molecule has 0 aromatic heterocycles. The second-order valence-electron chi connectivity index (χ2n) is 3.13. The van der Waals surface area contributed by atoms with Crippen LogP contribution in [0.4, 0.5) is 0 Å². The Morgan fingerprint density at radius 3 is 2.79 bits per heavy atom. The summed E-state index contributed by atoms with van der Waals surface area (Å²) in [7, 11) is 0. The highest BCUT2D eigenvalue weighted by molar-refractivity contribution is 5.95. The topological polar surface area (TPSA) is 61.6 Å². The van der Waals surface area contributed by atoms with E-state index in [1.165, 1.54) is 0 Å². The Balaban J connectivity index is 2.54. The Labute approximate surface area is 81.6 Å². The Morgan fingerprint density at radius 1 is 1.36 bits per heavy atom. The van der Waals surface area contributed by atoms with Crippen LogP contribution in [-0.4, -0.2) is 19.1 Å². The van der Waals surface area contributed by atoms with Gasteiger partial charge in [0.2, 0.25) is 5.91 Å². The maximum Gasteiger partial charge on any atom is 0.249 e. The molecule has 4 nitrogen and oxygen atoms in total. The molecule has 0 unspecified atom stereocenters. The van der Waals surface area contributed by atoms with E-state index in [2.05, 4.69) is 0 Å². The van der Waals surface area contributed by atoms with Gasteiger partial charge in [0.15, 0.2) is 11.5 Å². The number of amides is 1. The molecule has 0 aliphatic carbocycles. The molecular weight excluding hydrogens is 182 g/mol. The fourth-order valence-electron chi connectivity index (χ4n) is 1.52. The summed E-state index contributed by atoms with van der Waals surface area (Å²) >= 11 is 0. The van der Waals surface area contributed by atoms with Gasteiger partial charge in [-0.15, -0.1) is 0 Å². The highest BCUT2D eigenvalue weighted by Crippen LogP contribution is 2.34. The van der Waals surface area contributed by atoms with Crippen molar-refractivity contribution in [3.63, 3.8) is 0 Å². The third kappa shape index (κ3) is 1.28. The molecule has 0 fully saturated rings. The molecule has 0 spiro atoms. The van der Waals surface area contributed by atoms with Gasteiger partial charge in [-0.3, -0.25) is 4.79 Å². The van der Waals surface area contributed by atoms with Gasteiger partial charge in [-0.25, -0.2) is 0 Å². The quantitative estimate of drug-likeness (QED) is 0.719. The lowest BCUT2D eigenvalue weighted by Gasteiger charge is -2.20. The van der Waals surface area contributed by atoms with Crippen LogP contribution in [0.2, 0.25) is 0 Å². The Kier molecular flexibility index (Phi) is 2.04. The molecule has 1 aliphatic rings. The molecule has 0 bridgehead atoms. The van der Waals surface area contributed by atoms with Crippen LogP contribution in [0.3, 0.4) is 0 Å². The maximum absolute atomic E-state index is 11.0. The van der Waals surface area contributed by atoms with E-state index in [9.17, 15) is 4.79 Å². The monoisotopic (exact) mass is 193 g/mol. The zero-order valence-electron chi connectivity index (χ0n) is 7.87. The summed E-state index contributed by atoms with van der Waals surface area (Å²) in [6.07, 6.45) is 0. The van der Waals surface area contributed by atoms with Crippen LogP contribution >= 0.6 is 0 Å². The molecule has 1 aliphatic heterocycles. The molecule has 1 heterocycles. The van der Waals surface area contributed by atoms with Crippen LogP contribution in [-0.2, 0) is 0 Å². The number of hydrogen-bond donors (Lipinski definition) is 1. The summed E-state index contributed by atoms with van der Waals surface area (Å²) in [5, 5.41) is 0. The van der Waals surface area contributed by atoms with Gasteiger partial charge in [0.25, 0.3) is 0 Å². The number of benzene rings is 1. The summed E-state index contributed by atoms with van der Waals surface area (Å²) < 4.78 is 10.8. The van der Waals surface area contributed by atoms with E-state index in [4.69, 9.17) is 15.2 Å². The lowest BCUT2D eigenvalue weighted by Crippen LogP contribution is -2.19. The summed E-state index contributed by atoms with van der Waals surface area (Å²) in [6, 6.07) is 3.37.